The number of pyridine rings is 1. The zero-order valence-corrected chi connectivity index (χ0v) is 26.2. The van der Waals surface area contributed by atoms with Gasteiger partial charge in [-0.3, -0.25) is 14.2 Å². The van der Waals surface area contributed by atoms with Crippen LogP contribution in [0.1, 0.15) is 36.2 Å². The lowest BCUT2D eigenvalue weighted by Crippen LogP contribution is -2.39. The highest BCUT2D eigenvalue weighted by Crippen LogP contribution is 2.32. The second-order valence-corrected chi connectivity index (χ2v) is 10.5. The van der Waals surface area contributed by atoms with Crippen molar-refractivity contribution < 1.29 is 40.8 Å². The number of benzene rings is 2. The molecule has 0 radical (unpaired) electrons. The van der Waals surface area contributed by atoms with Gasteiger partial charge in [-0.05, 0) is 68.9 Å². The molecule has 10 nitrogen and oxygen atoms in total. The smallest absolute Gasteiger partial charge is 0.354 e. The number of aromatic nitrogens is 3. The summed E-state index contributed by atoms with van der Waals surface area (Å²) in [6, 6.07) is 9.38. The third-order valence-corrected chi connectivity index (χ3v) is 7.42. The van der Waals surface area contributed by atoms with E-state index >= 15 is 8.78 Å². The van der Waals surface area contributed by atoms with Crippen LogP contribution in [0.5, 0.6) is 0 Å². The lowest BCUT2D eigenvalue weighted by atomic mass is 9.99. The van der Waals surface area contributed by atoms with Gasteiger partial charge in [0.25, 0.3) is 11.5 Å². The number of halogens is 6. The second-order valence-electron chi connectivity index (χ2n) is 10.5. The van der Waals surface area contributed by atoms with Crippen LogP contribution in [0.3, 0.4) is 0 Å². The molecule has 0 unspecified atom stereocenters. The Kier molecular flexibility index (Phi) is 11.4. The number of para-hydroxylation sites is 1. The van der Waals surface area contributed by atoms with Gasteiger partial charge in [-0.25, -0.2) is 22.9 Å². The van der Waals surface area contributed by atoms with Crippen molar-refractivity contribution >= 4 is 28.9 Å². The van der Waals surface area contributed by atoms with Crippen LogP contribution in [0, 0.1) is 18.6 Å². The van der Waals surface area contributed by atoms with Crippen LogP contribution in [0.2, 0.25) is 0 Å². The van der Waals surface area contributed by atoms with Crippen molar-refractivity contribution in [2.75, 3.05) is 44.7 Å². The summed E-state index contributed by atoms with van der Waals surface area (Å²) in [6.07, 6.45) is -4.79. The summed E-state index contributed by atoms with van der Waals surface area (Å²) in [5.41, 5.74) is -1.19. The van der Waals surface area contributed by atoms with Gasteiger partial charge < -0.3 is 15.1 Å². The number of aryl methyl sites for hydroxylation is 1. The van der Waals surface area contributed by atoms with Crippen LogP contribution >= 0.6 is 0 Å². The van der Waals surface area contributed by atoms with E-state index < -0.39 is 54.2 Å². The average Bonchev–Trinajstić information content (AvgIpc) is 3.04. The number of nitrogens with one attached hydrogen (secondary N) is 1. The quantitative estimate of drug-likeness (QED) is 0.117. The third kappa shape index (κ3) is 7.93. The van der Waals surface area contributed by atoms with Gasteiger partial charge in [0.05, 0.1) is 12.2 Å². The molecule has 0 aliphatic heterocycles. The normalized spacial score (nSPS) is 11.6. The lowest BCUT2D eigenvalue weighted by Gasteiger charge is -2.21. The van der Waals surface area contributed by atoms with Crippen molar-refractivity contribution in [2.24, 2.45) is 0 Å². The maximum Gasteiger partial charge on any atom is 0.493 e. The van der Waals surface area contributed by atoms with E-state index in [1.807, 2.05) is 13.8 Å². The molecule has 0 fully saturated rings. The molecule has 48 heavy (non-hydrogen) atoms. The molecule has 2 aromatic carbocycles. The van der Waals surface area contributed by atoms with Crippen molar-refractivity contribution in [2.45, 2.75) is 33.4 Å². The number of hydroxylamine groups is 2. The van der Waals surface area contributed by atoms with Gasteiger partial charge >= 0.3 is 12.1 Å². The summed E-state index contributed by atoms with van der Waals surface area (Å²) in [4.78, 5) is 53.2. The minimum Gasteiger partial charge on any atom is -0.354 e. The number of anilines is 1. The fraction of sp³-hybridized carbons (Fsp3) is 0.344. The van der Waals surface area contributed by atoms with Gasteiger partial charge in [0.15, 0.2) is 5.65 Å². The largest absolute Gasteiger partial charge is 0.493 e. The molecule has 16 heteroatoms. The first-order valence-electron chi connectivity index (χ1n) is 14.9. The van der Waals surface area contributed by atoms with Crippen molar-refractivity contribution in [3.05, 3.63) is 81.6 Å². The minimum absolute atomic E-state index is 0.0255. The highest BCUT2D eigenvalue weighted by Gasteiger charge is 2.43. The van der Waals surface area contributed by atoms with Gasteiger partial charge in [-0.15, -0.1) is 0 Å². The molecule has 0 saturated carbocycles. The fourth-order valence-corrected chi connectivity index (χ4v) is 4.93. The molecule has 2 heterocycles. The molecule has 0 aliphatic rings. The minimum atomic E-state index is -5.45. The van der Waals surface area contributed by atoms with Gasteiger partial charge in [0, 0.05) is 29.1 Å². The summed E-state index contributed by atoms with van der Waals surface area (Å²) in [5.74, 6) is -6.08. The molecular weight excluding hydrogens is 646 g/mol. The Bertz CT molecular complexity index is 1840. The van der Waals surface area contributed by atoms with E-state index in [0.29, 0.717) is 18.5 Å². The van der Waals surface area contributed by atoms with Crippen LogP contribution in [-0.2, 0) is 9.63 Å². The maximum absolute atomic E-state index is 15.0. The molecule has 0 aliphatic carbocycles. The summed E-state index contributed by atoms with van der Waals surface area (Å²) in [7, 11) is 0. The predicted octanol–water partition coefficient (Wildman–Crippen LogP) is 5.61. The number of carbonyl (C=O) groups excluding carboxylic acids is 2. The fourth-order valence-electron chi connectivity index (χ4n) is 4.93. The van der Waals surface area contributed by atoms with Crippen LogP contribution in [-0.4, -0.2) is 81.9 Å². The monoisotopic (exact) mass is 678 g/mol. The number of alkyl halides is 4. The standard InChI is InChI=1S/C32H32F6N6O4/c1-4-42(5-2)16-7-15-39-31-40-26(21-12-13-25(45)44(28(21)41-31)27-23(34)8-6-9-24(27)35)22-18-20(11-10-19(22)3)29(46)43(17-14-33)48-30(47)32(36,37)38/h6,8-13,18H,4-5,7,14-17H2,1-3H3,(H,39,40,41). The molecule has 0 saturated heterocycles. The molecule has 1 N–H and O–H groups in total. The van der Waals surface area contributed by atoms with Crippen molar-refractivity contribution in [1.29, 1.82) is 0 Å². The van der Waals surface area contributed by atoms with Gasteiger partial charge in [-0.1, -0.05) is 26.0 Å². The Morgan fingerprint density at radius 1 is 0.979 bits per heavy atom. The zero-order chi connectivity index (χ0) is 35.2. The van der Waals surface area contributed by atoms with Crippen LogP contribution < -0.4 is 10.9 Å². The maximum atomic E-state index is 15.0. The highest BCUT2D eigenvalue weighted by atomic mass is 19.4. The SMILES string of the molecule is CCN(CC)CCCNc1nc(-c2cc(C(=O)N(CCF)OC(=O)C(F)(F)F)ccc2C)c2ccc(=O)n(-c3c(F)cccc3F)c2n1. The van der Waals surface area contributed by atoms with Crippen molar-refractivity contribution in [1.82, 2.24) is 24.5 Å². The molecule has 1 amide bonds. The predicted molar refractivity (Wildman–Crippen MR) is 165 cm³/mol. The number of nitrogens with zero attached hydrogens (tertiary/aromatic N) is 5. The van der Waals surface area contributed by atoms with Gasteiger partial charge in [0.1, 0.15) is 24.0 Å². The summed E-state index contributed by atoms with van der Waals surface area (Å²) >= 11 is 0. The molecule has 256 valence electrons. The molecule has 2 aromatic heterocycles. The number of carbonyl (C=O) groups is 2. The van der Waals surface area contributed by atoms with E-state index in [1.54, 1.807) is 6.92 Å². The van der Waals surface area contributed by atoms with Crippen molar-refractivity contribution in [3.63, 3.8) is 0 Å². The van der Waals surface area contributed by atoms with Gasteiger partial charge in [-0.2, -0.15) is 23.2 Å². The number of rotatable bonds is 12. The first-order valence-corrected chi connectivity index (χ1v) is 14.9. The zero-order valence-electron chi connectivity index (χ0n) is 26.2. The second kappa shape index (κ2) is 15.3. The topological polar surface area (TPSA) is 110 Å². The molecule has 0 atom stereocenters. The first kappa shape index (κ1) is 35.9. The third-order valence-electron chi connectivity index (χ3n) is 7.42. The lowest BCUT2D eigenvalue weighted by molar-refractivity contribution is -0.228. The summed E-state index contributed by atoms with van der Waals surface area (Å²) < 4.78 is 82.6. The summed E-state index contributed by atoms with van der Waals surface area (Å²) in [5, 5.41) is 3.16. The van der Waals surface area contributed by atoms with E-state index in [0.717, 1.165) is 48.5 Å². The average molecular weight is 679 g/mol. The molecular formula is C32H32F6N6O4. The number of fused-ring (bicyclic) bond motifs is 1. The molecule has 0 spiro atoms. The summed E-state index contributed by atoms with van der Waals surface area (Å²) in [6.45, 7) is 6.15. The number of hydrogen-bond donors (Lipinski definition) is 1. The number of amides is 1. The first-order chi connectivity index (χ1) is 22.8. The van der Waals surface area contributed by atoms with E-state index in [9.17, 15) is 31.9 Å². The molecule has 4 rings (SSSR count). The van der Waals surface area contributed by atoms with Crippen LogP contribution in [0.25, 0.3) is 28.0 Å². The van der Waals surface area contributed by atoms with E-state index in [2.05, 4.69) is 25.0 Å². The Morgan fingerprint density at radius 2 is 1.67 bits per heavy atom. The number of hydrogen-bond acceptors (Lipinski definition) is 8. The van der Waals surface area contributed by atoms with E-state index in [1.165, 1.54) is 24.3 Å². The molecule has 0 bridgehead atoms. The van der Waals surface area contributed by atoms with Crippen LogP contribution in [0.15, 0.2) is 53.3 Å². The molecule has 4 aromatic rings. The van der Waals surface area contributed by atoms with E-state index in [4.69, 9.17) is 0 Å². The Hall–Kier alpha value is -4.99. The Labute approximate surface area is 270 Å². The van der Waals surface area contributed by atoms with Crippen LogP contribution in [0.4, 0.5) is 32.3 Å². The van der Waals surface area contributed by atoms with Gasteiger partial charge in [0.2, 0.25) is 5.95 Å². The Morgan fingerprint density at radius 3 is 2.29 bits per heavy atom. The highest BCUT2D eigenvalue weighted by molar-refractivity contribution is 5.98. The van der Waals surface area contributed by atoms with Crippen molar-refractivity contribution in [3.8, 4) is 16.9 Å². The van der Waals surface area contributed by atoms with E-state index in [-0.39, 0.29) is 38.9 Å². The Balaban J connectivity index is 1.89.